The average Bonchev–Trinajstić information content (AvgIpc) is 3.25. The number of amides is 1. The average molecular weight is 523 g/mol. The van der Waals surface area contributed by atoms with Gasteiger partial charge in [-0.1, -0.05) is 22.0 Å². The molecule has 0 saturated carbocycles. The number of anilines is 1. The quantitative estimate of drug-likeness (QED) is 0.415. The van der Waals surface area contributed by atoms with Crippen LogP contribution in [0.15, 0.2) is 65.1 Å². The Morgan fingerprint density at radius 3 is 2.52 bits per heavy atom. The van der Waals surface area contributed by atoms with Crippen LogP contribution in [-0.4, -0.2) is 19.2 Å². The Bertz CT molecular complexity index is 1150. The number of halogens is 4. The summed E-state index contributed by atoms with van der Waals surface area (Å²) >= 11 is 3.31. The third-order valence-corrected chi connectivity index (χ3v) is 5.24. The number of nitrogens with one attached hydrogen (secondary N) is 2. The van der Waals surface area contributed by atoms with Crippen molar-refractivity contribution < 1.29 is 32.2 Å². The molecule has 4 rings (SSSR count). The summed E-state index contributed by atoms with van der Waals surface area (Å²) in [5, 5.41) is 5.46. The second kappa shape index (κ2) is 9.62. The Balaban J connectivity index is 1.42. The van der Waals surface area contributed by atoms with Crippen LogP contribution in [0.1, 0.15) is 11.1 Å². The molecule has 0 fully saturated rings. The number of hydrogen-bond donors (Lipinski definition) is 2. The van der Waals surface area contributed by atoms with E-state index in [0.29, 0.717) is 17.2 Å². The molecule has 1 aliphatic heterocycles. The molecule has 1 amide bonds. The first kappa shape index (κ1) is 22.8. The first-order chi connectivity index (χ1) is 15.8. The van der Waals surface area contributed by atoms with Gasteiger partial charge in [-0.3, -0.25) is 4.79 Å². The molecule has 1 aliphatic rings. The van der Waals surface area contributed by atoms with Crippen molar-refractivity contribution >= 4 is 27.5 Å². The highest BCUT2D eigenvalue weighted by Crippen LogP contribution is 2.37. The van der Waals surface area contributed by atoms with E-state index in [1.807, 2.05) is 0 Å². The molecule has 0 radical (unpaired) electrons. The van der Waals surface area contributed by atoms with Gasteiger partial charge in [0.05, 0.1) is 17.8 Å². The van der Waals surface area contributed by atoms with Crippen LogP contribution in [0.25, 0.3) is 0 Å². The highest BCUT2D eigenvalue weighted by molar-refractivity contribution is 9.10. The molecule has 33 heavy (non-hydrogen) atoms. The molecule has 6 nitrogen and oxygen atoms in total. The zero-order valence-corrected chi connectivity index (χ0v) is 18.6. The summed E-state index contributed by atoms with van der Waals surface area (Å²) in [5.41, 5.74) is -0.00849. The zero-order chi connectivity index (χ0) is 23.4. The fourth-order valence-electron chi connectivity index (χ4n) is 3.05. The van der Waals surface area contributed by atoms with Gasteiger partial charge >= 0.3 is 6.18 Å². The van der Waals surface area contributed by atoms with Crippen LogP contribution in [0.5, 0.6) is 23.0 Å². The van der Waals surface area contributed by atoms with Gasteiger partial charge in [-0.05, 0) is 60.2 Å². The van der Waals surface area contributed by atoms with E-state index in [-0.39, 0.29) is 31.3 Å². The topological polar surface area (TPSA) is 68.8 Å². The number of ether oxygens (including phenoxy) is 3. The predicted molar refractivity (Wildman–Crippen MR) is 119 cm³/mol. The minimum Gasteiger partial charge on any atom is -0.455 e. The highest BCUT2D eigenvalue weighted by Gasteiger charge is 2.31. The van der Waals surface area contributed by atoms with Gasteiger partial charge in [-0.2, -0.15) is 13.2 Å². The van der Waals surface area contributed by atoms with E-state index >= 15 is 0 Å². The molecule has 172 valence electrons. The normalized spacial score (nSPS) is 12.4. The van der Waals surface area contributed by atoms with E-state index in [2.05, 4.69) is 26.6 Å². The van der Waals surface area contributed by atoms with Crippen molar-refractivity contribution in [1.82, 2.24) is 5.32 Å². The van der Waals surface area contributed by atoms with Crippen molar-refractivity contribution in [3.63, 3.8) is 0 Å². The van der Waals surface area contributed by atoms with Crippen LogP contribution in [0.2, 0.25) is 0 Å². The van der Waals surface area contributed by atoms with Crippen LogP contribution in [-0.2, 0) is 17.5 Å². The van der Waals surface area contributed by atoms with Gasteiger partial charge in [0.15, 0.2) is 17.2 Å². The summed E-state index contributed by atoms with van der Waals surface area (Å²) in [7, 11) is 0. The maximum absolute atomic E-state index is 13.2. The van der Waals surface area contributed by atoms with Gasteiger partial charge < -0.3 is 24.8 Å². The molecule has 0 unspecified atom stereocenters. The van der Waals surface area contributed by atoms with Gasteiger partial charge in [0.2, 0.25) is 12.7 Å². The first-order valence-corrected chi connectivity index (χ1v) is 10.6. The number of alkyl halides is 3. The number of hydrogen-bond acceptors (Lipinski definition) is 5. The van der Waals surface area contributed by atoms with Gasteiger partial charge in [-0.15, -0.1) is 0 Å². The van der Waals surface area contributed by atoms with Crippen molar-refractivity contribution in [1.29, 1.82) is 0 Å². The summed E-state index contributed by atoms with van der Waals surface area (Å²) in [6, 6.07) is 15.2. The van der Waals surface area contributed by atoms with E-state index in [0.717, 1.165) is 22.2 Å². The van der Waals surface area contributed by atoms with Crippen LogP contribution in [0, 0.1) is 0 Å². The fourth-order valence-corrected chi connectivity index (χ4v) is 3.32. The maximum Gasteiger partial charge on any atom is 0.416 e. The summed E-state index contributed by atoms with van der Waals surface area (Å²) < 4.78 is 56.7. The number of fused-ring (bicyclic) bond motifs is 1. The molecule has 0 spiro atoms. The van der Waals surface area contributed by atoms with Crippen molar-refractivity contribution in [2.24, 2.45) is 0 Å². The van der Waals surface area contributed by atoms with Crippen LogP contribution >= 0.6 is 15.9 Å². The van der Waals surface area contributed by atoms with Gasteiger partial charge in [-0.25, -0.2) is 0 Å². The van der Waals surface area contributed by atoms with Crippen LogP contribution in [0.4, 0.5) is 18.9 Å². The molecular weight excluding hydrogens is 505 g/mol. The third-order valence-electron chi connectivity index (χ3n) is 4.71. The van der Waals surface area contributed by atoms with Gasteiger partial charge in [0.25, 0.3) is 0 Å². The molecule has 1 heterocycles. The summed E-state index contributed by atoms with van der Waals surface area (Å²) in [6.07, 6.45) is -4.53. The number of rotatable bonds is 7. The minimum atomic E-state index is -4.53. The van der Waals surface area contributed by atoms with E-state index in [1.54, 1.807) is 42.5 Å². The molecular formula is C23H18BrF3N2O4. The standard InChI is InChI=1S/C23H18BrF3N2O4/c24-16-3-5-17(6-4-16)33-19-8-2-15(23(25,26)27)10-18(19)28-12-22(30)29-11-14-1-7-20-21(9-14)32-13-31-20/h1-10,28H,11-13H2,(H,29,30). The minimum absolute atomic E-state index is 0.0472. The summed E-state index contributed by atoms with van der Waals surface area (Å²) in [4.78, 5) is 12.3. The van der Waals surface area contributed by atoms with Gasteiger partial charge in [0.1, 0.15) is 5.75 Å². The largest absolute Gasteiger partial charge is 0.455 e. The second-order valence-electron chi connectivity index (χ2n) is 7.08. The number of benzene rings is 3. The Kier molecular flexibility index (Phi) is 6.64. The lowest BCUT2D eigenvalue weighted by molar-refractivity contribution is -0.137. The molecule has 3 aromatic rings. The molecule has 3 aromatic carbocycles. The van der Waals surface area contributed by atoms with Crippen molar-refractivity contribution in [2.45, 2.75) is 12.7 Å². The van der Waals surface area contributed by atoms with E-state index in [9.17, 15) is 18.0 Å². The lowest BCUT2D eigenvalue weighted by Gasteiger charge is -2.16. The SMILES string of the molecule is O=C(CNc1cc(C(F)(F)F)ccc1Oc1ccc(Br)cc1)NCc1ccc2c(c1)OCO2. The smallest absolute Gasteiger partial charge is 0.416 e. The lowest BCUT2D eigenvalue weighted by Crippen LogP contribution is -2.29. The molecule has 2 N–H and O–H groups in total. The number of carbonyl (C=O) groups excluding carboxylic acids is 1. The first-order valence-electron chi connectivity index (χ1n) is 9.82. The molecule has 0 bridgehead atoms. The van der Waals surface area contributed by atoms with Crippen LogP contribution < -0.4 is 24.8 Å². The van der Waals surface area contributed by atoms with Crippen molar-refractivity contribution in [3.8, 4) is 23.0 Å². The fraction of sp³-hybridized carbons (Fsp3) is 0.174. The summed E-state index contributed by atoms with van der Waals surface area (Å²) in [6.45, 7) is 0.126. The Labute approximate surface area is 195 Å². The Hall–Kier alpha value is -3.40. The molecule has 0 saturated heterocycles. The lowest BCUT2D eigenvalue weighted by atomic mass is 10.1. The number of carbonyl (C=O) groups is 1. The zero-order valence-electron chi connectivity index (χ0n) is 17.0. The summed E-state index contributed by atoms with van der Waals surface area (Å²) in [5.74, 6) is 1.43. The Morgan fingerprint density at radius 1 is 1.00 bits per heavy atom. The molecule has 0 aromatic heterocycles. The van der Waals surface area contributed by atoms with E-state index < -0.39 is 17.6 Å². The molecule has 0 atom stereocenters. The van der Waals surface area contributed by atoms with Crippen LogP contribution in [0.3, 0.4) is 0 Å². The van der Waals surface area contributed by atoms with E-state index in [1.165, 1.54) is 6.07 Å². The van der Waals surface area contributed by atoms with Crippen molar-refractivity contribution in [2.75, 3.05) is 18.7 Å². The maximum atomic E-state index is 13.2. The van der Waals surface area contributed by atoms with Crippen molar-refractivity contribution in [3.05, 3.63) is 76.3 Å². The monoisotopic (exact) mass is 522 g/mol. The molecule has 0 aliphatic carbocycles. The predicted octanol–water partition coefficient (Wildman–Crippen LogP) is 5.72. The second-order valence-corrected chi connectivity index (χ2v) is 8.00. The Morgan fingerprint density at radius 2 is 1.76 bits per heavy atom. The third kappa shape index (κ3) is 5.89. The van der Waals surface area contributed by atoms with E-state index in [4.69, 9.17) is 14.2 Å². The molecule has 10 heteroatoms. The van der Waals surface area contributed by atoms with Gasteiger partial charge in [0, 0.05) is 11.0 Å². The highest BCUT2D eigenvalue weighted by atomic mass is 79.9.